The third kappa shape index (κ3) is 3.56. The van der Waals surface area contributed by atoms with E-state index in [2.05, 4.69) is 4.90 Å². The first-order chi connectivity index (χ1) is 12.4. The Morgan fingerprint density at radius 2 is 1.65 bits per heavy atom. The van der Waals surface area contributed by atoms with Gasteiger partial charge in [0, 0.05) is 32.2 Å². The molecule has 0 bridgehead atoms. The second-order valence-corrected chi connectivity index (χ2v) is 11.8. The Kier molecular flexibility index (Phi) is 4.88. The number of fused-ring (bicyclic) bond motifs is 1. The van der Waals surface area contributed by atoms with E-state index in [1.807, 2.05) is 12.1 Å². The molecule has 2 aliphatic heterocycles. The van der Waals surface area contributed by atoms with E-state index in [1.165, 1.54) is 17.5 Å². The van der Waals surface area contributed by atoms with Crippen molar-refractivity contribution in [3.63, 3.8) is 0 Å². The number of nitrogens with zero attached hydrogens (tertiary/aromatic N) is 2. The van der Waals surface area contributed by atoms with Gasteiger partial charge < -0.3 is 0 Å². The van der Waals surface area contributed by atoms with Gasteiger partial charge in [-0.2, -0.15) is 4.31 Å². The second kappa shape index (κ2) is 6.89. The number of sulfone groups is 1. The number of rotatable bonds is 3. The minimum absolute atomic E-state index is 0.0496. The number of hydrogen-bond donors (Lipinski definition) is 0. The topological polar surface area (TPSA) is 74.8 Å². The molecule has 1 aromatic rings. The van der Waals surface area contributed by atoms with Crippen molar-refractivity contribution in [1.82, 2.24) is 9.21 Å². The summed E-state index contributed by atoms with van der Waals surface area (Å²) in [5, 5.41) is 0. The van der Waals surface area contributed by atoms with Crippen molar-refractivity contribution in [3.05, 3.63) is 29.3 Å². The Balaban J connectivity index is 1.45. The highest BCUT2D eigenvalue weighted by molar-refractivity contribution is 7.91. The molecule has 0 saturated carbocycles. The molecule has 144 valence electrons. The fraction of sp³-hybridized carbons (Fsp3) is 0.667. The van der Waals surface area contributed by atoms with Gasteiger partial charge in [-0.1, -0.05) is 6.07 Å². The van der Waals surface area contributed by atoms with Gasteiger partial charge in [-0.25, -0.2) is 16.8 Å². The van der Waals surface area contributed by atoms with E-state index in [1.54, 1.807) is 10.4 Å². The lowest BCUT2D eigenvalue weighted by Crippen LogP contribution is -2.52. The van der Waals surface area contributed by atoms with E-state index in [4.69, 9.17) is 0 Å². The lowest BCUT2D eigenvalue weighted by molar-refractivity contribution is 0.148. The van der Waals surface area contributed by atoms with E-state index in [0.717, 1.165) is 19.3 Å². The zero-order chi connectivity index (χ0) is 18.4. The normalized spacial score (nSPS) is 27.3. The molecule has 26 heavy (non-hydrogen) atoms. The number of hydrogen-bond acceptors (Lipinski definition) is 5. The van der Waals surface area contributed by atoms with Crippen molar-refractivity contribution in [2.24, 2.45) is 0 Å². The van der Waals surface area contributed by atoms with Crippen LogP contribution in [0.2, 0.25) is 0 Å². The Bertz CT molecular complexity index is 888. The van der Waals surface area contributed by atoms with Gasteiger partial charge >= 0.3 is 0 Å². The second-order valence-electron chi connectivity index (χ2n) is 7.63. The molecule has 0 spiro atoms. The van der Waals surface area contributed by atoms with Gasteiger partial charge in [-0.15, -0.1) is 0 Å². The largest absolute Gasteiger partial charge is 0.297 e. The van der Waals surface area contributed by atoms with Crippen LogP contribution >= 0.6 is 0 Å². The standard InChI is InChI=1S/C18H26N2O4S2/c21-25(22)12-7-17(14-25)19-8-10-20(11-9-19)26(23,24)18-6-5-15-3-1-2-4-16(15)13-18/h5-6,13,17H,1-4,7-12,14H2. The number of sulfonamides is 1. The van der Waals surface area contributed by atoms with E-state index < -0.39 is 19.9 Å². The van der Waals surface area contributed by atoms with Gasteiger partial charge in [0.2, 0.25) is 10.0 Å². The van der Waals surface area contributed by atoms with Crippen molar-refractivity contribution in [3.8, 4) is 0 Å². The molecule has 0 radical (unpaired) electrons. The predicted molar refractivity (Wildman–Crippen MR) is 100 cm³/mol. The molecule has 2 saturated heterocycles. The highest BCUT2D eigenvalue weighted by Crippen LogP contribution is 2.27. The van der Waals surface area contributed by atoms with Gasteiger partial charge in [-0.05, 0) is 55.4 Å². The zero-order valence-electron chi connectivity index (χ0n) is 14.9. The van der Waals surface area contributed by atoms with Crippen molar-refractivity contribution >= 4 is 19.9 Å². The van der Waals surface area contributed by atoms with Gasteiger partial charge in [-0.3, -0.25) is 4.90 Å². The summed E-state index contributed by atoms with van der Waals surface area (Å²) in [5.74, 6) is 0.468. The number of benzene rings is 1. The van der Waals surface area contributed by atoms with Crippen molar-refractivity contribution < 1.29 is 16.8 Å². The molecule has 0 N–H and O–H groups in total. The summed E-state index contributed by atoms with van der Waals surface area (Å²) in [6.45, 7) is 2.06. The average molecular weight is 399 g/mol. The van der Waals surface area contributed by atoms with Crippen LogP contribution in [0.1, 0.15) is 30.4 Å². The van der Waals surface area contributed by atoms with E-state index in [9.17, 15) is 16.8 Å². The SMILES string of the molecule is O=S1(=O)CCC(N2CCN(S(=O)(=O)c3ccc4c(c3)CCCC4)CC2)C1. The van der Waals surface area contributed by atoms with Crippen LogP contribution in [0.15, 0.2) is 23.1 Å². The lowest BCUT2D eigenvalue weighted by Gasteiger charge is -2.37. The summed E-state index contributed by atoms with van der Waals surface area (Å²) in [7, 11) is -6.39. The van der Waals surface area contributed by atoms with Gasteiger partial charge in [0.15, 0.2) is 9.84 Å². The van der Waals surface area contributed by atoms with Crippen LogP contribution in [-0.2, 0) is 32.7 Å². The molecule has 1 atom stereocenters. The van der Waals surface area contributed by atoms with E-state index in [0.29, 0.717) is 37.5 Å². The number of aryl methyl sites for hydroxylation is 2. The minimum Gasteiger partial charge on any atom is -0.297 e. The summed E-state index contributed by atoms with van der Waals surface area (Å²) < 4.78 is 50.9. The minimum atomic E-state index is -3.48. The van der Waals surface area contributed by atoms with Crippen LogP contribution in [0, 0.1) is 0 Å². The molecule has 1 aromatic carbocycles. The van der Waals surface area contributed by atoms with Gasteiger partial charge in [0.25, 0.3) is 0 Å². The molecular formula is C18H26N2O4S2. The summed E-state index contributed by atoms with van der Waals surface area (Å²) in [5.41, 5.74) is 2.45. The van der Waals surface area contributed by atoms with Crippen molar-refractivity contribution in [2.75, 3.05) is 37.7 Å². The van der Waals surface area contributed by atoms with E-state index >= 15 is 0 Å². The molecule has 3 aliphatic rings. The maximum Gasteiger partial charge on any atom is 0.243 e. The van der Waals surface area contributed by atoms with Crippen LogP contribution in [0.3, 0.4) is 0 Å². The first-order valence-corrected chi connectivity index (χ1v) is 12.7. The maximum absolute atomic E-state index is 13.0. The van der Waals surface area contributed by atoms with Gasteiger partial charge in [0.05, 0.1) is 16.4 Å². The molecular weight excluding hydrogens is 372 g/mol. The van der Waals surface area contributed by atoms with Crippen molar-refractivity contribution in [1.29, 1.82) is 0 Å². The predicted octanol–water partition coefficient (Wildman–Crippen LogP) is 1.06. The van der Waals surface area contributed by atoms with Gasteiger partial charge in [0.1, 0.15) is 0 Å². The molecule has 8 heteroatoms. The summed E-state index contributed by atoms with van der Waals surface area (Å²) >= 11 is 0. The first-order valence-electron chi connectivity index (χ1n) is 9.42. The highest BCUT2D eigenvalue weighted by Gasteiger charge is 2.36. The summed E-state index contributed by atoms with van der Waals surface area (Å²) in [4.78, 5) is 2.54. The smallest absolute Gasteiger partial charge is 0.243 e. The van der Waals surface area contributed by atoms with Crippen LogP contribution < -0.4 is 0 Å². The molecule has 0 aromatic heterocycles. The van der Waals surface area contributed by atoms with Crippen molar-refractivity contribution in [2.45, 2.75) is 43.0 Å². The third-order valence-electron chi connectivity index (χ3n) is 5.96. The molecule has 6 nitrogen and oxygen atoms in total. The lowest BCUT2D eigenvalue weighted by atomic mass is 9.92. The summed E-state index contributed by atoms with van der Waals surface area (Å²) in [6.07, 6.45) is 4.97. The Morgan fingerprint density at radius 1 is 0.962 bits per heavy atom. The highest BCUT2D eigenvalue weighted by atomic mass is 32.2. The maximum atomic E-state index is 13.0. The monoisotopic (exact) mass is 398 g/mol. The Morgan fingerprint density at radius 3 is 2.31 bits per heavy atom. The quantitative estimate of drug-likeness (QED) is 0.761. The molecule has 1 unspecified atom stereocenters. The Hall–Kier alpha value is -0.960. The average Bonchev–Trinajstić information content (AvgIpc) is 3.01. The molecule has 2 heterocycles. The molecule has 2 fully saturated rings. The van der Waals surface area contributed by atoms with Crippen LogP contribution in [0.25, 0.3) is 0 Å². The fourth-order valence-corrected chi connectivity index (χ4v) is 7.63. The zero-order valence-corrected chi connectivity index (χ0v) is 16.6. The molecule has 0 amide bonds. The number of piperazine rings is 1. The van der Waals surface area contributed by atoms with Crippen LogP contribution in [0.4, 0.5) is 0 Å². The van der Waals surface area contributed by atoms with Crippen LogP contribution in [0.5, 0.6) is 0 Å². The molecule has 1 aliphatic carbocycles. The Labute approximate surface area is 156 Å². The van der Waals surface area contributed by atoms with Crippen LogP contribution in [-0.4, -0.2) is 69.8 Å². The fourth-order valence-electron chi connectivity index (χ4n) is 4.39. The first kappa shape index (κ1) is 18.4. The molecule has 4 rings (SSSR count). The van der Waals surface area contributed by atoms with E-state index in [-0.39, 0.29) is 17.5 Å². The summed E-state index contributed by atoms with van der Waals surface area (Å²) in [6, 6.07) is 5.63. The third-order valence-corrected chi connectivity index (χ3v) is 9.60.